The zero-order chi connectivity index (χ0) is 13.0. The summed E-state index contributed by atoms with van der Waals surface area (Å²) in [6.07, 6.45) is 7.36. The van der Waals surface area contributed by atoms with Gasteiger partial charge in [-0.25, -0.2) is 0 Å². The van der Waals surface area contributed by atoms with Gasteiger partial charge in [-0.05, 0) is 44.1 Å². The molecule has 0 aromatic heterocycles. The van der Waals surface area contributed by atoms with Gasteiger partial charge >= 0.3 is 0 Å². The maximum absolute atomic E-state index is 9.31. The van der Waals surface area contributed by atoms with Gasteiger partial charge in [-0.3, -0.25) is 0 Å². The lowest BCUT2D eigenvalue weighted by Crippen LogP contribution is -2.24. The van der Waals surface area contributed by atoms with E-state index in [0.29, 0.717) is 6.04 Å². The predicted molar refractivity (Wildman–Crippen MR) is 78.0 cm³/mol. The fraction of sp³-hybridized carbons (Fsp3) is 0.533. The number of thioether (sulfide) groups is 1. The molecule has 18 heavy (non-hydrogen) atoms. The van der Waals surface area contributed by atoms with Crippen LogP contribution in [-0.4, -0.2) is 12.3 Å². The molecule has 1 aliphatic carbocycles. The van der Waals surface area contributed by atoms with Crippen LogP contribution < -0.4 is 5.32 Å². The predicted octanol–water partition coefficient (Wildman–Crippen LogP) is 4.27. The van der Waals surface area contributed by atoms with Crippen LogP contribution in [0.25, 0.3) is 0 Å². The molecule has 0 spiro atoms. The topological polar surface area (TPSA) is 35.8 Å². The van der Waals surface area contributed by atoms with Crippen molar-refractivity contribution in [3.05, 3.63) is 23.8 Å². The van der Waals surface area contributed by atoms with Gasteiger partial charge in [0.1, 0.15) is 6.07 Å². The normalized spacial score (nSPS) is 17.4. The fourth-order valence-electron chi connectivity index (χ4n) is 2.76. The first-order chi connectivity index (χ1) is 8.76. The van der Waals surface area contributed by atoms with E-state index >= 15 is 0 Å². The van der Waals surface area contributed by atoms with Crippen molar-refractivity contribution in [3.8, 4) is 6.07 Å². The highest BCUT2D eigenvalue weighted by atomic mass is 32.2. The van der Waals surface area contributed by atoms with Gasteiger partial charge in [0.2, 0.25) is 0 Å². The number of rotatable bonds is 4. The quantitative estimate of drug-likeness (QED) is 0.821. The molecule has 1 N–H and O–H groups in total. The minimum absolute atomic E-state index is 0.455. The number of nitrogens with zero attached hydrogens (tertiary/aromatic N) is 1. The zero-order valence-electron chi connectivity index (χ0n) is 11.1. The van der Waals surface area contributed by atoms with Crippen molar-refractivity contribution in [2.75, 3.05) is 11.6 Å². The number of benzene rings is 1. The molecule has 1 aliphatic rings. The van der Waals surface area contributed by atoms with Crippen molar-refractivity contribution in [2.24, 2.45) is 5.92 Å². The van der Waals surface area contributed by atoms with Gasteiger partial charge in [-0.1, -0.05) is 18.9 Å². The number of hydrogen-bond acceptors (Lipinski definition) is 3. The third-order valence-electron chi connectivity index (χ3n) is 3.85. The molecular weight excluding hydrogens is 240 g/mol. The van der Waals surface area contributed by atoms with Crippen LogP contribution in [0.5, 0.6) is 0 Å². The van der Waals surface area contributed by atoms with Crippen LogP contribution in [0, 0.1) is 17.2 Å². The van der Waals surface area contributed by atoms with Crippen LogP contribution in [0.4, 0.5) is 5.69 Å². The molecular formula is C15H20N2S. The molecule has 0 bridgehead atoms. The summed E-state index contributed by atoms with van der Waals surface area (Å²) >= 11 is 1.63. The SMILES string of the molecule is CSc1cccc(NC(C)C2CCCC2)c1C#N. The van der Waals surface area contributed by atoms with Crippen molar-refractivity contribution >= 4 is 17.4 Å². The molecule has 0 radical (unpaired) electrons. The molecule has 3 heteroatoms. The maximum Gasteiger partial charge on any atom is 0.102 e. The van der Waals surface area contributed by atoms with E-state index in [2.05, 4.69) is 18.3 Å². The lowest BCUT2D eigenvalue weighted by molar-refractivity contribution is 0.482. The summed E-state index contributed by atoms with van der Waals surface area (Å²) in [6, 6.07) is 8.83. The highest BCUT2D eigenvalue weighted by Crippen LogP contribution is 2.31. The molecule has 1 unspecified atom stereocenters. The van der Waals surface area contributed by atoms with Crippen molar-refractivity contribution in [2.45, 2.75) is 43.5 Å². The molecule has 1 aromatic carbocycles. The fourth-order valence-corrected chi connectivity index (χ4v) is 3.33. The number of anilines is 1. The summed E-state index contributed by atoms with van der Waals surface area (Å²) in [6.45, 7) is 2.24. The third-order valence-corrected chi connectivity index (χ3v) is 4.63. The molecule has 2 rings (SSSR count). The Kier molecular flexibility index (Phi) is 4.54. The van der Waals surface area contributed by atoms with E-state index < -0.39 is 0 Å². The van der Waals surface area contributed by atoms with Gasteiger partial charge in [-0.15, -0.1) is 11.8 Å². The summed E-state index contributed by atoms with van der Waals surface area (Å²) in [7, 11) is 0. The largest absolute Gasteiger partial charge is 0.381 e. The van der Waals surface area contributed by atoms with E-state index in [-0.39, 0.29) is 0 Å². The summed E-state index contributed by atoms with van der Waals surface area (Å²) in [4.78, 5) is 1.06. The summed E-state index contributed by atoms with van der Waals surface area (Å²) in [5.41, 5.74) is 1.78. The van der Waals surface area contributed by atoms with Crippen LogP contribution >= 0.6 is 11.8 Å². The first-order valence-corrected chi connectivity index (χ1v) is 7.82. The van der Waals surface area contributed by atoms with Crippen LogP contribution in [-0.2, 0) is 0 Å². The van der Waals surface area contributed by atoms with Crippen molar-refractivity contribution in [1.82, 2.24) is 0 Å². The standard InChI is InChI=1S/C15H20N2S/c1-11(12-6-3-4-7-12)17-14-8-5-9-15(18-2)13(14)10-16/h5,8-9,11-12,17H,3-4,6-7H2,1-2H3. The molecule has 0 saturated heterocycles. The minimum Gasteiger partial charge on any atom is -0.381 e. The van der Waals surface area contributed by atoms with Crippen LogP contribution in [0.1, 0.15) is 38.2 Å². The lowest BCUT2D eigenvalue weighted by Gasteiger charge is -2.22. The van der Waals surface area contributed by atoms with Crippen molar-refractivity contribution in [3.63, 3.8) is 0 Å². The summed E-state index contributed by atoms with van der Waals surface area (Å²) < 4.78 is 0. The lowest BCUT2D eigenvalue weighted by atomic mass is 9.99. The first kappa shape index (κ1) is 13.3. The van der Waals surface area contributed by atoms with E-state index in [1.165, 1.54) is 25.7 Å². The first-order valence-electron chi connectivity index (χ1n) is 6.60. The Morgan fingerprint density at radius 2 is 2.11 bits per heavy atom. The molecule has 2 nitrogen and oxygen atoms in total. The molecule has 1 fully saturated rings. The monoisotopic (exact) mass is 260 g/mol. The highest BCUT2D eigenvalue weighted by molar-refractivity contribution is 7.98. The Bertz CT molecular complexity index is 444. The van der Waals surface area contributed by atoms with Gasteiger partial charge in [0.05, 0.1) is 11.3 Å². The van der Waals surface area contributed by atoms with Gasteiger partial charge in [0.15, 0.2) is 0 Å². The van der Waals surface area contributed by atoms with Crippen molar-refractivity contribution in [1.29, 1.82) is 5.26 Å². The van der Waals surface area contributed by atoms with E-state index in [9.17, 15) is 5.26 Å². The molecule has 0 aliphatic heterocycles. The molecule has 0 heterocycles. The van der Waals surface area contributed by atoms with E-state index in [0.717, 1.165) is 22.1 Å². The highest BCUT2D eigenvalue weighted by Gasteiger charge is 2.22. The second-order valence-electron chi connectivity index (χ2n) is 4.97. The zero-order valence-corrected chi connectivity index (χ0v) is 11.9. The maximum atomic E-state index is 9.31. The van der Waals surface area contributed by atoms with Crippen molar-refractivity contribution < 1.29 is 0 Å². The average molecular weight is 260 g/mol. The van der Waals surface area contributed by atoms with Gasteiger partial charge in [-0.2, -0.15) is 5.26 Å². The number of nitriles is 1. The Labute approximate surface area is 114 Å². The molecule has 1 saturated carbocycles. The Morgan fingerprint density at radius 3 is 2.72 bits per heavy atom. The second kappa shape index (κ2) is 6.15. The molecule has 0 amide bonds. The second-order valence-corrected chi connectivity index (χ2v) is 5.82. The smallest absolute Gasteiger partial charge is 0.102 e. The molecule has 1 atom stereocenters. The minimum atomic E-state index is 0.455. The average Bonchev–Trinajstić information content (AvgIpc) is 2.92. The van der Waals surface area contributed by atoms with E-state index in [1.807, 2.05) is 24.5 Å². The Balaban J connectivity index is 2.15. The third kappa shape index (κ3) is 2.81. The number of hydrogen-bond donors (Lipinski definition) is 1. The van der Waals surface area contributed by atoms with Gasteiger partial charge in [0, 0.05) is 10.9 Å². The Hall–Kier alpha value is -1.14. The van der Waals surface area contributed by atoms with E-state index in [4.69, 9.17) is 0 Å². The van der Waals surface area contributed by atoms with Gasteiger partial charge < -0.3 is 5.32 Å². The summed E-state index contributed by atoms with van der Waals surface area (Å²) in [5.74, 6) is 0.759. The summed E-state index contributed by atoms with van der Waals surface area (Å²) in [5, 5.41) is 12.8. The van der Waals surface area contributed by atoms with Crippen LogP contribution in [0.3, 0.4) is 0 Å². The van der Waals surface area contributed by atoms with Crippen LogP contribution in [0.15, 0.2) is 23.1 Å². The van der Waals surface area contributed by atoms with Crippen LogP contribution in [0.2, 0.25) is 0 Å². The molecule has 96 valence electrons. The number of nitrogens with one attached hydrogen (secondary N) is 1. The van der Waals surface area contributed by atoms with E-state index in [1.54, 1.807) is 11.8 Å². The molecule has 1 aromatic rings. The van der Waals surface area contributed by atoms with Gasteiger partial charge in [0.25, 0.3) is 0 Å². The Morgan fingerprint density at radius 1 is 1.39 bits per heavy atom.